The number of allylic oxidation sites excluding steroid dienone is 4. The van der Waals surface area contributed by atoms with E-state index in [1.54, 1.807) is 0 Å². The molecule has 0 atom stereocenters. The number of aldehydes is 1. The number of carbonyl (C=O) groups excluding carboxylic acids is 1. The maximum atomic E-state index is 10.5. The van der Waals surface area contributed by atoms with Crippen LogP contribution in [-0.2, 0) is 4.79 Å². The highest BCUT2D eigenvalue weighted by molar-refractivity contribution is 5.74. The maximum absolute atomic E-state index is 10.5. The lowest BCUT2D eigenvalue weighted by molar-refractivity contribution is -0.105. The molecular weight excluding hydrogens is 188 g/mol. The molecule has 0 aromatic carbocycles. The number of hydrogen-bond donors (Lipinski definition) is 1. The summed E-state index contributed by atoms with van der Waals surface area (Å²) in [6.07, 6.45) is 9.65. The lowest BCUT2D eigenvalue weighted by Gasteiger charge is -2.18. The Hall–Kier alpha value is -0.890. The van der Waals surface area contributed by atoms with Crippen molar-refractivity contribution in [2.45, 2.75) is 51.6 Å². The zero-order valence-electron chi connectivity index (χ0n) is 9.62. The third kappa shape index (κ3) is 4.93. The molecule has 0 bridgehead atoms. The van der Waals surface area contributed by atoms with Crippen molar-refractivity contribution in [2.75, 3.05) is 0 Å². The van der Waals surface area contributed by atoms with Crippen molar-refractivity contribution in [3.63, 3.8) is 0 Å². The van der Waals surface area contributed by atoms with Gasteiger partial charge in [0.2, 0.25) is 0 Å². The quantitative estimate of drug-likeness (QED) is 0.705. The van der Waals surface area contributed by atoms with Gasteiger partial charge in [-0.1, -0.05) is 17.7 Å². The molecule has 0 heterocycles. The average molecular weight is 208 g/mol. The molecule has 0 aromatic rings. The van der Waals surface area contributed by atoms with Gasteiger partial charge in [-0.25, -0.2) is 0 Å². The van der Waals surface area contributed by atoms with Crippen LogP contribution >= 0.6 is 0 Å². The fourth-order valence-corrected chi connectivity index (χ4v) is 1.75. The predicted octanol–water partition coefficient (Wildman–Crippen LogP) is 2.77. The van der Waals surface area contributed by atoms with Crippen LogP contribution < -0.4 is 0 Å². The van der Waals surface area contributed by atoms with Gasteiger partial charge < -0.3 is 5.11 Å². The standard InChI is InChI=1S/C13H20O2/c1-13(2,15)9-3-4-11-5-7-12(10-14)8-6-11/h5,7,10,15H,3-4,6,8-9H2,1-2H3. The molecule has 0 fully saturated rings. The van der Waals surface area contributed by atoms with Gasteiger partial charge in [0.05, 0.1) is 5.60 Å². The molecule has 0 amide bonds. The first-order chi connectivity index (χ1) is 7.01. The summed E-state index contributed by atoms with van der Waals surface area (Å²) in [4.78, 5) is 10.5. The van der Waals surface area contributed by atoms with Crippen LogP contribution in [0.4, 0.5) is 0 Å². The minimum atomic E-state index is -0.557. The Morgan fingerprint density at radius 2 is 2.13 bits per heavy atom. The summed E-state index contributed by atoms with van der Waals surface area (Å²) in [5, 5.41) is 9.55. The normalized spacial score (nSPS) is 17.0. The number of rotatable bonds is 5. The smallest absolute Gasteiger partial charge is 0.146 e. The lowest BCUT2D eigenvalue weighted by Crippen LogP contribution is -2.17. The van der Waals surface area contributed by atoms with E-state index in [2.05, 4.69) is 6.08 Å². The molecule has 0 saturated carbocycles. The van der Waals surface area contributed by atoms with Crippen LogP contribution in [0.5, 0.6) is 0 Å². The van der Waals surface area contributed by atoms with Crippen LogP contribution in [0.15, 0.2) is 23.3 Å². The molecule has 1 aliphatic rings. The minimum Gasteiger partial charge on any atom is -0.390 e. The number of hydrogen-bond acceptors (Lipinski definition) is 2. The summed E-state index contributed by atoms with van der Waals surface area (Å²) in [6, 6.07) is 0. The van der Waals surface area contributed by atoms with E-state index in [1.807, 2.05) is 19.9 Å². The van der Waals surface area contributed by atoms with E-state index < -0.39 is 5.60 Å². The molecule has 0 aliphatic heterocycles. The summed E-state index contributed by atoms with van der Waals surface area (Å²) in [6.45, 7) is 3.68. The van der Waals surface area contributed by atoms with Gasteiger partial charge in [0, 0.05) is 0 Å². The highest BCUT2D eigenvalue weighted by Gasteiger charge is 2.12. The summed E-state index contributed by atoms with van der Waals surface area (Å²) >= 11 is 0. The van der Waals surface area contributed by atoms with Gasteiger partial charge in [-0.05, 0) is 51.5 Å². The molecule has 0 radical (unpaired) electrons. The van der Waals surface area contributed by atoms with Crippen molar-refractivity contribution >= 4 is 6.29 Å². The van der Waals surface area contributed by atoms with Crippen LogP contribution in [0.1, 0.15) is 46.0 Å². The Morgan fingerprint density at radius 1 is 1.40 bits per heavy atom. The van der Waals surface area contributed by atoms with E-state index in [4.69, 9.17) is 0 Å². The molecule has 15 heavy (non-hydrogen) atoms. The van der Waals surface area contributed by atoms with Gasteiger partial charge in [-0.15, -0.1) is 0 Å². The van der Waals surface area contributed by atoms with Crippen molar-refractivity contribution < 1.29 is 9.90 Å². The van der Waals surface area contributed by atoms with Crippen molar-refractivity contribution in [1.29, 1.82) is 0 Å². The highest BCUT2D eigenvalue weighted by Crippen LogP contribution is 2.23. The van der Waals surface area contributed by atoms with E-state index in [0.717, 1.165) is 44.0 Å². The van der Waals surface area contributed by atoms with Gasteiger partial charge in [-0.3, -0.25) is 4.79 Å². The molecule has 1 rings (SSSR count). The third-order valence-corrected chi connectivity index (χ3v) is 2.71. The lowest BCUT2D eigenvalue weighted by atomic mass is 9.93. The van der Waals surface area contributed by atoms with Crippen molar-refractivity contribution in [1.82, 2.24) is 0 Å². The molecule has 0 spiro atoms. The number of aliphatic hydroxyl groups is 1. The zero-order valence-corrected chi connectivity index (χ0v) is 9.62. The highest BCUT2D eigenvalue weighted by atomic mass is 16.3. The molecule has 0 aromatic heterocycles. The Kier molecular flexibility index (Phi) is 4.28. The van der Waals surface area contributed by atoms with E-state index in [0.29, 0.717) is 0 Å². The molecule has 84 valence electrons. The second kappa shape index (κ2) is 5.26. The SMILES string of the molecule is CC(C)(O)CCCC1=CC=C(C=O)CC1. The van der Waals surface area contributed by atoms with E-state index >= 15 is 0 Å². The molecule has 0 saturated heterocycles. The van der Waals surface area contributed by atoms with Crippen molar-refractivity contribution in [2.24, 2.45) is 0 Å². The second-order valence-corrected chi connectivity index (χ2v) is 4.85. The summed E-state index contributed by atoms with van der Waals surface area (Å²) in [5.41, 5.74) is 1.73. The summed E-state index contributed by atoms with van der Waals surface area (Å²) < 4.78 is 0. The Labute approximate surface area is 91.7 Å². The first-order valence-electron chi connectivity index (χ1n) is 5.57. The molecular formula is C13H20O2. The first kappa shape index (κ1) is 12.2. The molecule has 2 nitrogen and oxygen atoms in total. The molecule has 1 N–H and O–H groups in total. The van der Waals surface area contributed by atoms with Crippen LogP contribution in [-0.4, -0.2) is 17.0 Å². The Morgan fingerprint density at radius 3 is 2.60 bits per heavy atom. The van der Waals surface area contributed by atoms with Gasteiger partial charge in [0.15, 0.2) is 0 Å². The predicted molar refractivity (Wildman–Crippen MR) is 61.6 cm³/mol. The zero-order chi connectivity index (χ0) is 11.3. The van der Waals surface area contributed by atoms with Crippen LogP contribution in [0.25, 0.3) is 0 Å². The van der Waals surface area contributed by atoms with Gasteiger partial charge in [-0.2, -0.15) is 0 Å². The van der Waals surface area contributed by atoms with Gasteiger partial charge in [0.1, 0.15) is 6.29 Å². The average Bonchev–Trinajstić information content (AvgIpc) is 2.17. The maximum Gasteiger partial charge on any atom is 0.146 e. The Bertz CT molecular complexity index is 279. The van der Waals surface area contributed by atoms with Crippen LogP contribution in [0.3, 0.4) is 0 Å². The minimum absolute atomic E-state index is 0.557. The first-order valence-corrected chi connectivity index (χ1v) is 5.57. The van der Waals surface area contributed by atoms with Crippen LogP contribution in [0, 0.1) is 0 Å². The molecule has 2 heteroatoms. The summed E-state index contributed by atoms with van der Waals surface area (Å²) in [7, 11) is 0. The number of carbonyl (C=O) groups is 1. The second-order valence-electron chi connectivity index (χ2n) is 4.85. The van der Waals surface area contributed by atoms with E-state index in [-0.39, 0.29) is 0 Å². The fourth-order valence-electron chi connectivity index (χ4n) is 1.75. The fraction of sp³-hybridized carbons (Fsp3) is 0.615. The van der Waals surface area contributed by atoms with Crippen LogP contribution in [0.2, 0.25) is 0 Å². The molecule has 0 unspecified atom stereocenters. The van der Waals surface area contributed by atoms with Crippen molar-refractivity contribution in [3.8, 4) is 0 Å². The van der Waals surface area contributed by atoms with Gasteiger partial charge >= 0.3 is 0 Å². The largest absolute Gasteiger partial charge is 0.390 e. The topological polar surface area (TPSA) is 37.3 Å². The van der Waals surface area contributed by atoms with Crippen molar-refractivity contribution in [3.05, 3.63) is 23.3 Å². The van der Waals surface area contributed by atoms with E-state index in [1.165, 1.54) is 5.57 Å². The van der Waals surface area contributed by atoms with E-state index in [9.17, 15) is 9.90 Å². The monoisotopic (exact) mass is 208 g/mol. The third-order valence-electron chi connectivity index (χ3n) is 2.71. The summed E-state index contributed by atoms with van der Waals surface area (Å²) in [5.74, 6) is 0. The van der Waals surface area contributed by atoms with Gasteiger partial charge in [0.25, 0.3) is 0 Å². The Balaban J connectivity index is 2.32. The molecule has 1 aliphatic carbocycles.